The van der Waals surface area contributed by atoms with Crippen LogP contribution in [0, 0.1) is 0 Å². The number of nitrogens with zero attached hydrogens (tertiary/aromatic N) is 4. The predicted octanol–water partition coefficient (Wildman–Crippen LogP) is 3.47. The van der Waals surface area contributed by atoms with Crippen LogP contribution in [0.2, 0.25) is 5.02 Å². The number of hydrogen-bond donors (Lipinski definition) is 1. The van der Waals surface area contributed by atoms with Crippen molar-refractivity contribution in [3.63, 3.8) is 0 Å². The monoisotopic (exact) mass is 311 g/mol. The minimum Gasteiger partial charge on any atom is -0.347 e. The van der Waals surface area contributed by atoms with Gasteiger partial charge in [-0.05, 0) is 35.7 Å². The number of nitrogens with one attached hydrogen (secondary N) is 1. The van der Waals surface area contributed by atoms with E-state index in [-0.39, 0.29) is 12.1 Å². The van der Waals surface area contributed by atoms with Gasteiger partial charge in [-0.2, -0.15) is 10.1 Å². The molecule has 1 aliphatic heterocycles. The third-order valence-corrected chi connectivity index (χ3v) is 4.19. The van der Waals surface area contributed by atoms with Crippen molar-refractivity contribution in [1.29, 1.82) is 0 Å². The molecule has 0 amide bonds. The smallest absolute Gasteiger partial charge is 0.222 e. The van der Waals surface area contributed by atoms with E-state index >= 15 is 0 Å². The third-order valence-electron chi connectivity index (χ3n) is 3.95. The lowest BCUT2D eigenvalue weighted by molar-refractivity contribution is 0.430. The van der Waals surface area contributed by atoms with Crippen LogP contribution in [0.25, 0.3) is 0 Å². The Bertz CT molecular complexity index is 786. The largest absolute Gasteiger partial charge is 0.347 e. The van der Waals surface area contributed by atoms with E-state index in [2.05, 4.69) is 32.5 Å². The lowest BCUT2D eigenvalue weighted by Gasteiger charge is -2.31. The van der Waals surface area contributed by atoms with E-state index in [0.717, 1.165) is 28.5 Å². The number of pyridine rings is 1. The molecule has 3 heterocycles. The summed E-state index contributed by atoms with van der Waals surface area (Å²) in [4.78, 5) is 8.53. The molecule has 2 atom stereocenters. The molecule has 1 N–H and O–H groups in total. The van der Waals surface area contributed by atoms with Crippen LogP contribution in [0.1, 0.15) is 29.6 Å². The van der Waals surface area contributed by atoms with E-state index in [9.17, 15) is 0 Å². The van der Waals surface area contributed by atoms with Gasteiger partial charge in [0.1, 0.15) is 6.33 Å². The Labute approximate surface area is 133 Å². The van der Waals surface area contributed by atoms with Crippen molar-refractivity contribution in [2.24, 2.45) is 0 Å². The van der Waals surface area contributed by atoms with Crippen LogP contribution < -0.4 is 5.32 Å². The second kappa shape index (κ2) is 5.42. The van der Waals surface area contributed by atoms with Crippen molar-refractivity contribution in [3.8, 4) is 0 Å². The van der Waals surface area contributed by atoms with Gasteiger partial charge in [-0.1, -0.05) is 29.8 Å². The Kier molecular flexibility index (Phi) is 3.27. The van der Waals surface area contributed by atoms with Crippen LogP contribution in [0.5, 0.6) is 0 Å². The molecule has 5 nitrogen and oxygen atoms in total. The van der Waals surface area contributed by atoms with Gasteiger partial charge in [0.2, 0.25) is 5.95 Å². The molecule has 6 heteroatoms. The highest BCUT2D eigenvalue weighted by atomic mass is 35.5. The molecule has 0 saturated carbocycles. The molecule has 0 saturated heterocycles. The molecule has 22 heavy (non-hydrogen) atoms. The highest BCUT2D eigenvalue weighted by Crippen LogP contribution is 2.37. The topological polar surface area (TPSA) is 55.6 Å². The molecule has 0 fully saturated rings. The first-order chi connectivity index (χ1) is 10.8. The van der Waals surface area contributed by atoms with Gasteiger partial charge in [0, 0.05) is 17.4 Å². The number of halogens is 1. The lowest BCUT2D eigenvalue weighted by Crippen LogP contribution is -2.28. The molecule has 2 aromatic heterocycles. The third kappa shape index (κ3) is 2.33. The van der Waals surface area contributed by atoms with E-state index in [1.165, 1.54) is 0 Å². The zero-order valence-electron chi connectivity index (χ0n) is 11.7. The minimum atomic E-state index is 0.0997. The van der Waals surface area contributed by atoms with E-state index in [1.54, 1.807) is 12.5 Å². The Balaban J connectivity index is 1.75. The average Bonchev–Trinajstić information content (AvgIpc) is 3.03. The summed E-state index contributed by atoms with van der Waals surface area (Å²) in [6, 6.07) is 12.2. The molecule has 110 valence electrons. The Hall–Kier alpha value is -2.40. The van der Waals surface area contributed by atoms with Crippen molar-refractivity contribution in [1.82, 2.24) is 19.7 Å². The second-order valence-corrected chi connectivity index (χ2v) is 5.75. The van der Waals surface area contributed by atoms with Crippen LogP contribution >= 0.6 is 11.6 Å². The summed E-state index contributed by atoms with van der Waals surface area (Å²) < 4.78 is 1.92. The molecule has 0 bridgehead atoms. The molecular formula is C16H14ClN5. The van der Waals surface area contributed by atoms with E-state index in [4.69, 9.17) is 11.6 Å². The maximum absolute atomic E-state index is 6.15. The van der Waals surface area contributed by atoms with Crippen LogP contribution in [0.3, 0.4) is 0 Å². The van der Waals surface area contributed by atoms with Gasteiger partial charge in [0.25, 0.3) is 0 Å². The number of rotatable bonds is 2. The van der Waals surface area contributed by atoms with E-state index in [0.29, 0.717) is 0 Å². The Morgan fingerprint density at radius 1 is 1.18 bits per heavy atom. The van der Waals surface area contributed by atoms with Crippen LogP contribution in [-0.2, 0) is 0 Å². The van der Waals surface area contributed by atoms with E-state index < -0.39 is 0 Å². The standard InChI is InChI=1S/C16H14ClN5/c17-13-5-1-3-11(7-13)15-8-14(12-4-2-6-18-9-12)21-16-19-10-20-22(15)16/h1-7,9-10,14-15H,8H2,(H,19,20,21)/t14-,15-/m1/s1. The van der Waals surface area contributed by atoms with Gasteiger partial charge in [-0.3, -0.25) is 4.98 Å². The van der Waals surface area contributed by atoms with Gasteiger partial charge in [0.05, 0.1) is 12.1 Å². The minimum absolute atomic E-state index is 0.0997. The number of aromatic nitrogens is 4. The fourth-order valence-electron chi connectivity index (χ4n) is 2.91. The molecule has 0 radical (unpaired) electrons. The molecule has 4 rings (SSSR count). The first-order valence-electron chi connectivity index (χ1n) is 7.13. The number of hydrogen-bond acceptors (Lipinski definition) is 4. The summed E-state index contributed by atoms with van der Waals surface area (Å²) in [6.45, 7) is 0. The summed E-state index contributed by atoms with van der Waals surface area (Å²) >= 11 is 6.15. The molecule has 0 spiro atoms. The highest BCUT2D eigenvalue weighted by molar-refractivity contribution is 6.30. The quantitative estimate of drug-likeness (QED) is 0.787. The fourth-order valence-corrected chi connectivity index (χ4v) is 3.11. The molecule has 0 unspecified atom stereocenters. The molecule has 1 aromatic carbocycles. The van der Waals surface area contributed by atoms with Crippen molar-refractivity contribution in [2.75, 3.05) is 5.32 Å². The van der Waals surface area contributed by atoms with Gasteiger partial charge in [0.15, 0.2) is 0 Å². The molecule has 1 aliphatic rings. The van der Waals surface area contributed by atoms with Crippen molar-refractivity contribution < 1.29 is 0 Å². The van der Waals surface area contributed by atoms with Gasteiger partial charge >= 0.3 is 0 Å². The van der Waals surface area contributed by atoms with Crippen LogP contribution in [0.4, 0.5) is 5.95 Å². The fraction of sp³-hybridized carbons (Fsp3) is 0.188. The number of benzene rings is 1. The number of fused-ring (bicyclic) bond motifs is 1. The summed E-state index contributed by atoms with van der Waals surface area (Å²) in [5.41, 5.74) is 2.28. The summed E-state index contributed by atoms with van der Waals surface area (Å²) in [5.74, 6) is 0.769. The molecular weight excluding hydrogens is 298 g/mol. The van der Waals surface area contributed by atoms with Gasteiger partial charge < -0.3 is 5.32 Å². The van der Waals surface area contributed by atoms with Crippen LogP contribution in [-0.4, -0.2) is 19.7 Å². The molecule has 3 aromatic rings. The predicted molar refractivity (Wildman–Crippen MR) is 84.8 cm³/mol. The van der Waals surface area contributed by atoms with Gasteiger partial charge in [-0.25, -0.2) is 4.68 Å². The van der Waals surface area contributed by atoms with Crippen molar-refractivity contribution >= 4 is 17.5 Å². The second-order valence-electron chi connectivity index (χ2n) is 5.32. The Morgan fingerprint density at radius 3 is 2.91 bits per heavy atom. The maximum atomic E-state index is 6.15. The maximum Gasteiger partial charge on any atom is 0.222 e. The van der Waals surface area contributed by atoms with Gasteiger partial charge in [-0.15, -0.1) is 0 Å². The van der Waals surface area contributed by atoms with Crippen molar-refractivity contribution in [3.05, 3.63) is 71.3 Å². The van der Waals surface area contributed by atoms with Crippen LogP contribution in [0.15, 0.2) is 55.1 Å². The van der Waals surface area contributed by atoms with Crippen molar-refractivity contribution in [2.45, 2.75) is 18.5 Å². The lowest BCUT2D eigenvalue weighted by atomic mass is 9.94. The SMILES string of the molecule is Clc1cccc([C@H]2C[C@H](c3cccnc3)Nc3ncnn32)c1. The molecule has 0 aliphatic carbocycles. The first kappa shape index (κ1) is 13.3. The highest BCUT2D eigenvalue weighted by Gasteiger charge is 2.29. The number of anilines is 1. The zero-order chi connectivity index (χ0) is 14.9. The summed E-state index contributed by atoms with van der Waals surface area (Å²) in [7, 11) is 0. The summed E-state index contributed by atoms with van der Waals surface area (Å²) in [5, 5.41) is 8.51. The van der Waals surface area contributed by atoms with E-state index in [1.807, 2.05) is 35.1 Å². The first-order valence-corrected chi connectivity index (χ1v) is 7.50. The average molecular weight is 312 g/mol. The summed E-state index contributed by atoms with van der Waals surface area (Å²) in [6.07, 6.45) is 6.11. The Morgan fingerprint density at radius 2 is 2.09 bits per heavy atom. The normalized spacial score (nSPS) is 20.2. The zero-order valence-corrected chi connectivity index (χ0v) is 12.5.